The minimum Gasteiger partial charge on any atom is -0.459 e. The van der Waals surface area contributed by atoms with Crippen molar-refractivity contribution in [1.82, 2.24) is 0 Å². The monoisotopic (exact) mass is 245 g/mol. The maximum absolute atomic E-state index is 6.05. The van der Waals surface area contributed by atoms with E-state index in [4.69, 9.17) is 10.2 Å². The summed E-state index contributed by atoms with van der Waals surface area (Å²) in [6.07, 6.45) is 0. The predicted molar refractivity (Wildman–Crippen MR) is 77.0 cm³/mol. The van der Waals surface area contributed by atoms with E-state index in [1.54, 1.807) is 0 Å². The van der Waals surface area contributed by atoms with Crippen molar-refractivity contribution in [2.75, 3.05) is 0 Å². The van der Waals surface area contributed by atoms with Crippen molar-refractivity contribution in [3.05, 3.63) is 34.6 Å². The Morgan fingerprint density at radius 2 is 1.78 bits per heavy atom. The van der Waals surface area contributed by atoms with Gasteiger partial charge in [-0.15, -0.1) is 0 Å². The van der Waals surface area contributed by atoms with Crippen LogP contribution < -0.4 is 5.73 Å². The summed E-state index contributed by atoms with van der Waals surface area (Å²) in [5.41, 5.74) is 10.8. The van der Waals surface area contributed by atoms with Crippen LogP contribution in [0.25, 0.3) is 11.0 Å². The standard InChI is InChI=1S/C16H23NO/c1-9-7-12-10(2)14(11(3)17)18-15(12)13(8-9)16(4,5)6/h7-8,11H,17H2,1-6H3. The predicted octanol–water partition coefficient (Wildman–Crippen LogP) is 4.37. The highest BCUT2D eigenvalue weighted by atomic mass is 16.3. The highest BCUT2D eigenvalue weighted by Crippen LogP contribution is 2.36. The molecule has 2 nitrogen and oxygen atoms in total. The fourth-order valence-electron chi connectivity index (χ4n) is 2.47. The van der Waals surface area contributed by atoms with Gasteiger partial charge in [0.1, 0.15) is 11.3 Å². The Kier molecular flexibility index (Phi) is 3.02. The van der Waals surface area contributed by atoms with Gasteiger partial charge in [-0.2, -0.15) is 0 Å². The molecule has 1 aromatic heterocycles. The van der Waals surface area contributed by atoms with Gasteiger partial charge in [-0.05, 0) is 43.4 Å². The maximum Gasteiger partial charge on any atom is 0.138 e. The second-order valence-electron chi connectivity index (χ2n) is 6.32. The normalized spacial score (nSPS) is 14.2. The molecule has 1 heterocycles. The first kappa shape index (κ1) is 13.2. The number of nitrogens with two attached hydrogens (primary N) is 1. The Labute approximate surface area is 109 Å². The van der Waals surface area contributed by atoms with Crippen LogP contribution in [0.1, 0.15) is 56.2 Å². The van der Waals surface area contributed by atoms with Crippen LogP contribution in [-0.2, 0) is 5.41 Å². The zero-order valence-electron chi connectivity index (χ0n) is 12.2. The highest BCUT2D eigenvalue weighted by Gasteiger charge is 2.23. The van der Waals surface area contributed by atoms with Gasteiger partial charge in [0.05, 0.1) is 6.04 Å². The van der Waals surface area contributed by atoms with Crippen LogP contribution in [0.2, 0.25) is 0 Å². The van der Waals surface area contributed by atoms with E-state index in [2.05, 4.69) is 46.8 Å². The van der Waals surface area contributed by atoms with Crippen LogP contribution in [0.15, 0.2) is 16.5 Å². The molecular weight excluding hydrogens is 222 g/mol. The number of fused-ring (bicyclic) bond motifs is 1. The molecule has 0 saturated heterocycles. The molecule has 1 aromatic carbocycles. The van der Waals surface area contributed by atoms with Gasteiger partial charge in [0, 0.05) is 10.9 Å². The Bertz CT molecular complexity index is 585. The third-order valence-electron chi connectivity index (χ3n) is 3.44. The minimum absolute atomic E-state index is 0.0643. The van der Waals surface area contributed by atoms with Crippen molar-refractivity contribution in [1.29, 1.82) is 0 Å². The molecule has 98 valence electrons. The lowest BCUT2D eigenvalue weighted by atomic mass is 9.85. The molecule has 2 heteroatoms. The van der Waals surface area contributed by atoms with Gasteiger partial charge in [0.25, 0.3) is 0 Å². The highest BCUT2D eigenvalue weighted by molar-refractivity contribution is 5.86. The van der Waals surface area contributed by atoms with Crippen molar-refractivity contribution in [3.63, 3.8) is 0 Å². The molecule has 2 N–H and O–H groups in total. The molecule has 0 aliphatic rings. The van der Waals surface area contributed by atoms with E-state index in [0.29, 0.717) is 0 Å². The molecule has 0 amide bonds. The lowest BCUT2D eigenvalue weighted by Gasteiger charge is -2.19. The number of hydrogen-bond donors (Lipinski definition) is 1. The van der Waals surface area contributed by atoms with Crippen molar-refractivity contribution >= 4 is 11.0 Å². The molecule has 0 bridgehead atoms. The maximum atomic E-state index is 6.05. The topological polar surface area (TPSA) is 39.2 Å². The Hall–Kier alpha value is -1.28. The van der Waals surface area contributed by atoms with Crippen LogP contribution in [0, 0.1) is 13.8 Å². The van der Waals surface area contributed by atoms with Gasteiger partial charge >= 0.3 is 0 Å². The molecule has 0 radical (unpaired) electrons. The van der Waals surface area contributed by atoms with E-state index in [1.165, 1.54) is 22.1 Å². The van der Waals surface area contributed by atoms with Crippen molar-refractivity contribution in [2.24, 2.45) is 5.73 Å². The largest absolute Gasteiger partial charge is 0.459 e. The van der Waals surface area contributed by atoms with Crippen molar-refractivity contribution < 1.29 is 4.42 Å². The van der Waals surface area contributed by atoms with Gasteiger partial charge in [-0.1, -0.05) is 26.8 Å². The Morgan fingerprint density at radius 1 is 1.17 bits per heavy atom. The quantitative estimate of drug-likeness (QED) is 0.810. The Morgan fingerprint density at radius 3 is 2.28 bits per heavy atom. The third kappa shape index (κ3) is 2.05. The van der Waals surface area contributed by atoms with Gasteiger partial charge < -0.3 is 10.2 Å². The van der Waals surface area contributed by atoms with E-state index in [9.17, 15) is 0 Å². The van der Waals surface area contributed by atoms with Crippen LogP contribution in [0.5, 0.6) is 0 Å². The lowest BCUT2D eigenvalue weighted by molar-refractivity contribution is 0.495. The molecule has 1 unspecified atom stereocenters. The summed E-state index contributed by atoms with van der Waals surface area (Å²) >= 11 is 0. The first-order chi connectivity index (χ1) is 8.21. The molecule has 2 aromatic rings. The summed E-state index contributed by atoms with van der Waals surface area (Å²) in [5, 5.41) is 1.20. The average Bonchev–Trinajstić information content (AvgIpc) is 2.54. The molecule has 0 saturated carbocycles. The Balaban J connectivity index is 2.85. The van der Waals surface area contributed by atoms with Crippen molar-refractivity contribution in [3.8, 4) is 0 Å². The molecule has 0 fully saturated rings. The van der Waals surface area contributed by atoms with Crippen molar-refractivity contribution in [2.45, 2.75) is 53.0 Å². The summed E-state index contributed by atoms with van der Waals surface area (Å²) in [6, 6.07) is 4.34. The molecule has 0 spiro atoms. The summed E-state index contributed by atoms with van der Waals surface area (Å²) < 4.78 is 6.05. The second-order valence-corrected chi connectivity index (χ2v) is 6.32. The molecule has 1 atom stereocenters. The fraction of sp³-hybridized carbons (Fsp3) is 0.500. The molecule has 18 heavy (non-hydrogen) atoms. The van der Waals surface area contributed by atoms with E-state index in [-0.39, 0.29) is 11.5 Å². The number of rotatable bonds is 1. The zero-order valence-corrected chi connectivity index (χ0v) is 12.2. The first-order valence-electron chi connectivity index (χ1n) is 6.51. The zero-order chi connectivity index (χ0) is 13.7. The molecule has 0 aliphatic carbocycles. The number of furan rings is 1. The number of hydrogen-bond acceptors (Lipinski definition) is 2. The first-order valence-corrected chi connectivity index (χ1v) is 6.51. The van der Waals surface area contributed by atoms with Crippen LogP contribution in [0.3, 0.4) is 0 Å². The summed E-state index contributed by atoms with van der Waals surface area (Å²) in [7, 11) is 0. The minimum atomic E-state index is -0.0643. The lowest BCUT2D eigenvalue weighted by Crippen LogP contribution is -2.11. The van der Waals surface area contributed by atoms with Gasteiger partial charge in [0.2, 0.25) is 0 Å². The van der Waals surface area contributed by atoms with E-state index >= 15 is 0 Å². The average molecular weight is 245 g/mol. The van der Waals surface area contributed by atoms with Crippen LogP contribution >= 0.6 is 0 Å². The van der Waals surface area contributed by atoms with Crippen LogP contribution in [-0.4, -0.2) is 0 Å². The molecule has 2 rings (SSSR count). The molecular formula is C16H23NO. The second kappa shape index (κ2) is 4.13. The van der Waals surface area contributed by atoms with Gasteiger partial charge in [0.15, 0.2) is 0 Å². The van der Waals surface area contributed by atoms with Crippen LogP contribution in [0.4, 0.5) is 0 Å². The van der Waals surface area contributed by atoms with E-state index < -0.39 is 0 Å². The number of benzene rings is 1. The fourth-order valence-corrected chi connectivity index (χ4v) is 2.47. The third-order valence-corrected chi connectivity index (χ3v) is 3.44. The number of aryl methyl sites for hydroxylation is 2. The summed E-state index contributed by atoms with van der Waals surface area (Å²) in [6.45, 7) is 12.8. The van der Waals surface area contributed by atoms with Gasteiger partial charge in [-0.25, -0.2) is 0 Å². The van der Waals surface area contributed by atoms with E-state index in [1.807, 2.05) is 6.92 Å². The smallest absolute Gasteiger partial charge is 0.138 e. The van der Waals surface area contributed by atoms with Gasteiger partial charge in [-0.3, -0.25) is 0 Å². The molecule has 0 aliphatic heterocycles. The SMILES string of the molecule is Cc1cc(C(C)(C)C)c2oc(C(C)N)c(C)c2c1. The summed E-state index contributed by atoms with van der Waals surface area (Å²) in [4.78, 5) is 0. The van der Waals surface area contributed by atoms with E-state index in [0.717, 1.165) is 11.3 Å². The summed E-state index contributed by atoms with van der Waals surface area (Å²) in [5.74, 6) is 0.904.